The highest BCUT2D eigenvalue weighted by Crippen LogP contribution is 2.68. The van der Waals surface area contributed by atoms with Gasteiger partial charge in [0, 0.05) is 18.7 Å². The molecule has 34 heavy (non-hydrogen) atoms. The van der Waals surface area contributed by atoms with Gasteiger partial charge >= 0.3 is 0 Å². The average Bonchev–Trinajstić information content (AvgIpc) is 3.53. The number of carbonyl (C=O) groups excluding carboxylic acids is 2. The molecule has 0 bridgehead atoms. The Balaban J connectivity index is 1.56. The summed E-state index contributed by atoms with van der Waals surface area (Å²) in [5, 5.41) is 0. The van der Waals surface area contributed by atoms with Crippen LogP contribution in [0.1, 0.15) is 41.9 Å². The maximum absolute atomic E-state index is 14.2. The minimum atomic E-state index is -0.800. The van der Waals surface area contributed by atoms with E-state index in [0.717, 1.165) is 36.1 Å². The topological polar surface area (TPSA) is 37.4 Å². The van der Waals surface area contributed by atoms with Crippen molar-refractivity contribution < 1.29 is 9.59 Å². The Morgan fingerprint density at radius 3 is 2.35 bits per heavy atom. The van der Waals surface area contributed by atoms with E-state index >= 15 is 0 Å². The number of hydrogen-bond donors (Lipinski definition) is 0. The fourth-order valence-corrected chi connectivity index (χ4v) is 7.38. The molecule has 3 aliphatic rings. The van der Waals surface area contributed by atoms with Gasteiger partial charge in [0.1, 0.15) is 0 Å². The number of fused-ring (bicyclic) bond motifs is 4. The second-order valence-corrected chi connectivity index (χ2v) is 10.0. The number of anilines is 1. The Hall–Kier alpha value is -3.46. The molecular formula is C31H29NO2. The lowest BCUT2D eigenvalue weighted by Gasteiger charge is -2.35. The molecule has 6 rings (SSSR count). The second kappa shape index (κ2) is 8.09. The van der Waals surface area contributed by atoms with Crippen LogP contribution in [0.5, 0.6) is 0 Å². The Kier molecular flexibility index (Phi) is 5.02. The first kappa shape index (κ1) is 21.1. The molecule has 1 spiro atoms. The molecule has 0 aromatic heterocycles. The molecule has 3 aromatic carbocycles. The van der Waals surface area contributed by atoms with Crippen molar-refractivity contribution >= 4 is 23.5 Å². The molecule has 1 aliphatic heterocycles. The molecule has 0 N–H and O–H groups in total. The zero-order valence-corrected chi connectivity index (χ0v) is 19.4. The van der Waals surface area contributed by atoms with E-state index in [1.807, 2.05) is 67.7 Å². The molecule has 5 unspecified atom stereocenters. The summed E-state index contributed by atoms with van der Waals surface area (Å²) in [6, 6.07) is 28.5. The van der Waals surface area contributed by atoms with Crippen molar-refractivity contribution in [2.45, 2.75) is 30.6 Å². The van der Waals surface area contributed by atoms with E-state index in [2.05, 4.69) is 30.3 Å². The zero-order chi connectivity index (χ0) is 23.3. The number of nitrogens with zero attached hydrogens (tertiary/aromatic N) is 1. The first-order chi connectivity index (χ1) is 16.6. The number of allylic oxidation sites excluding steroid dienone is 1. The third-order valence-electron chi connectivity index (χ3n) is 8.57. The molecule has 2 fully saturated rings. The lowest BCUT2D eigenvalue weighted by atomic mass is 9.64. The first-order valence-corrected chi connectivity index (χ1v) is 12.3. The van der Waals surface area contributed by atoms with E-state index in [4.69, 9.17) is 0 Å². The summed E-state index contributed by atoms with van der Waals surface area (Å²) in [6.45, 7) is 0. The van der Waals surface area contributed by atoms with Crippen molar-refractivity contribution in [3.05, 3.63) is 108 Å². The number of likely N-dealkylation sites (N-methyl/N-ethyl adjacent to an activating group) is 1. The van der Waals surface area contributed by atoms with Crippen molar-refractivity contribution in [3.8, 4) is 0 Å². The fourth-order valence-electron chi connectivity index (χ4n) is 7.38. The largest absolute Gasteiger partial charge is 0.314 e. The molecule has 3 aromatic rings. The third-order valence-corrected chi connectivity index (χ3v) is 8.57. The molecule has 2 aliphatic carbocycles. The number of rotatable bonds is 4. The normalized spacial score (nSPS) is 29.7. The summed E-state index contributed by atoms with van der Waals surface area (Å²) in [6.07, 6.45) is 6.81. The van der Waals surface area contributed by atoms with Gasteiger partial charge in [0.05, 0.1) is 5.41 Å². The SMILES string of the molecule is CN1C(=O)C2(c3ccccc31)C1CCCC1C(c1ccccc1)C2C(=O)C=Cc1ccccc1. The van der Waals surface area contributed by atoms with Crippen molar-refractivity contribution in [2.75, 3.05) is 11.9 Å². The van der Waals surface area contributed by atoms with Crippen molar-refractivity contribution in [3.63, 3.8) is 0 Å². The predicted molar refractivity (Wildman–Crippen MR) is 136 cm³/mol. The van der Waals surface area contributed by atoms with Gasteiger partial charge in [-0.25, -0.2) is 0 Å². The minimum Gasteiger partial charge on any atom is -0.314 e. The minimum absolute atomic E-state index is 0.0325. The van der Waals surface area contributed by atoms with Crippen molar-refractivity contribution in [1.29, 1.82) is 0 Å². The van der Waals surface area contributed by atoms with Crippen LogP contribution >= 0.6 is 0 Å². The highest BCUT2D eigenvalue weighted by Gasteiger charge is 2.70. The summed E-state index contributed by atoms with van der Waals surface area (Å²) in [5.74, 6) is 0.273. The summed E-state index contributed by atoms with van der Waals surface area (Å²) in [7, 11) is 1.87. The molecule has 3 nitrogen and oxygen atoms in total. The number of hydrogen-bond acceptors (Lipinski definition) is 2. The van der Waals surface area contributed by atoms with Crippen LogP contribution in [0.25, 0.3) is 6.08 Å². The lowest BCUT2D eigenvalue weighted by Crippen LogP contribution is -2.49. The van der Waals surface area contributed by atoms with Crippen LogP contribution in [0.15, 0.2) is 91.0 Å². The Morgan fingerprint density at radius 2 is 1.59 bits per heavy atom. The maximum atomic E-state index is 14.2. The Labute approximate surface area is 201 Å². The summed E-state index contributed by atoms with van der Waals surface area (Å²) >= 11 is 0. The van der Waals surface area contributed by atoms with E-state index < -0.39 is 11.3 Å². The fraction of sp³-hybridized carbons (Fsp3) is 0.290. The average molecular weight is 448 g/mol. The van der Waals surface area contributed by atoms with Gasteiger partial charge in [-0.05, 0) is 59.4 Å². The second-order valence-electron chi connectivity index (χ2n) is 10.0. The van der Waals surface area contributed by atoms with Gasteiger partial charge in [-0.15, -0.1) is 0 Å². The lowest BCUT2D eigenvalue weighted by molar-refractivity contribution is -0.131. The molecule has 2 saturated carbocycles. The van der Waals surface area contributed by atoms with Crippen LogP contribution in [0, 0.1) is 17.8 Å². The summed E-state index contributed by atoms with van der Waals surface area (Å²) in [5.41, 5.74) is 3.38. The van der Waals surface area contributed by atoms with Crippen LogP contribution in [0.4, 0.5) is 5.69 Å². The number of para-hydroxylation sites is 1. The first-order valence-electron chi connectivity index (χ1n) is 12.3. The van der Waals surface area contributed by atoms with Gasteiger partial charge in [-0.3, -0.25) is 9.59 Å². The van der Waals surface area contributed by atoms with Gasteiger partial charge in [0.25, 0.3) is 0 Å². The van der Waals surface area contributed by atoms with E-state index in [1.165, 1.54) is 5.56 Å². The summed E-state index contributed by atoms with van der Waals surface area (Å²) < 4.78 is 0. The number of carbonyl (C=O) groups is 2. The molecular weight excluding hydrogens is 418 g/mol. The maximum Gasteiger partial charge on any atom is 0.238 e. The van der Waals surface area contributed by atoms with E-state index in [1.54, 1.807) is 11.0 Å². The zero-order valence-electron chi connectivity index (χ0n) is 19.4. The molecule has 0 saturated heterocycles. The number of benzene rings is 3. The number of ketones is 1. The molecule has 1 heterocycles. The van der Waals surface area contributed by atoms with Crippen LogP contribution in [-0.2, 0) is 15.0 Å². The molecule has 3 heteroatoms. The van der Waals surface area contributed by atoms with Crippen LogP contribution in [-0.4, -0.2) is 18.7 Å². The highest BCUT2D eigenvalue weighted by atomic mass is 16.2. The highest BCUT2D eigenvalue weighted by molar-refractivity contribution is 6.13. The molecule has 0 radical (unpaired) electrons. The molecule has 170 valence electrons. The van der Waals surface area contributed by atoms with Crippen LogP contribution in [0.3, 0.4) is 0 Å². The monoisotopic (exact) mass is 447 g/mol. The number of amides is 1. The van der Waals surface area contributed by atoms with Gasteiger partial charge in [-0.2, -0.15) is 0 Å². The quantitative estimate of drug-likeness (QED) is 0.459. The predicted octanol–water partition coefficient (Wildman–Crippen LogP) is 6.01. The van der Waals surface area contributed by atoms with Gasteiger partial charge in [-0.1, -0.05) is 91.4 Å². The van der Waals surface area contributed by atoms with Crippen LogP contribution < -0.4 is 4.90 Å². The van der Waals surface area contributed by atoms with E-state index in [-0.39, 0.29) is 23.5 Å². The third kappa shape index (κ3) is 2.89. The van der Waals surface area contributed by atoms with Gasteiger partial charge in [0.15, 0.2) is 5.78 Å². The smallest absolute Gasteiger partial charge is 0.238 e. The van der Waals surface area contributed by atoms with E-state index in [0.29, 0.717) is 5.92 Å². The standard InChI is InChI=1S/C31H29NO2/c1-32-26-18-9-8-16-25(26)31(30(32)34)24-17-10-15-23(24)28(22-13-6-3-7-14-22)29(31)27(33)20-19-21-11-4-2-5-12-21/h2-9,11-14,16,18-20,23-24,28-29H,10,15,17H2,1H3. The Morgan fingerprint density at radius 1 is 0.912 bits per heavy atom. The summed E-state index contributed by atoms with van der Waals surface area (Å²) in [4.78, 5) is 30.2. The molecule has 5 atom stereocenters. The molecule has 1 amide bonds. The van der Waals surface area contributed by atoms with E-state index in [9.17, 15) is 9.59 Å². The van der Waals surface area contributed by atoms with Crippen molar-refractivity contribution in [2.24, 2.45) is 17.8 Å². The Bertz CT molecular complexity index is 1260. The van der Waals surface area contributed by atoms with Crippen molar-refractivity contribution in [1.82, 2.24) is 0 Å². The van der Waals surface area contributed by atoms with Gasteiger partial charge < -0.3 is 4.90 Å². The van der Waals surface area contributed by atoms with Gasteiger partial charge in [0.2, 0.25) is 5.91 Å². The van der Waals surface area contributed by atoms with Crippen LogP contribution in [0.2, 0.25) is 0 Å².